The first-order valence-electron chi connectivity index (χ1n) is 8.12. The molecule has 2 N–H and O–H groups in total. The molecule has 0 unspecified atom stereocenters. The van der Waals surface area contributed by atoms with Crippen molar-refractivity contribution < 1.29 is 9.53 Å². The monoisotopic (exact) mass is 336 g/mol. The number of rotatable bonds is 6. The van der Waals surface area contributed by atoms with E-state index < -0.39 is 0 Å². The minimum Gasteiger partial charge on any atom is -0.475 e. The van der Waals surface area contributed by atoms with E-state index >= 15 is 0 Å². The molecule has 128 valence electrons. The molecule has 6 nitrogen and oxygen atoms in total. The van der Waals surface area contributed by atoms with E-state index in [1.165, 1.54) is 0 Å². The molecule has 2 heterocycles. The molecular formula is C19H20N4O2. The lowest BCUT2D eigenvalue weighted by atomic mass is 10.1. The number of benzene rings is 1. The zero-order chi connectivity index (χ0) is 17.6. The van der Waals surface area contributed by atoms with Gasteiger partial charge in [-0.1, -0.05) is 36.4 Å². The third-order valence-electron chi connectivity index (χ3n) is 3.50. The fraction of sp³-hybridized carbons (Fsp3) is 0.211. The Kier molecular flexibility index (Phi) is 5.09. The van der Waals surface area contributed by atoms with Crippen molar-refractivity contribution >= 4 is 5.91 Å². The Labute approximate surface area is 146 Å². The average Bonchev–Trinajstić information content (AvgIpc) is 3.11. The number of pyridine rings is 1. The lowest BCUT2D eigenvalue weighted by Gasteiger charge is -2.09. The van der Waals surface area contributed by atoms with Gasteiger partial charge < -0.3 is 10.1 Å². The van der Waals surface area contributed by atoms with Crippen molar-refractivity contribution in [1.82, 2.24) is 20.5 Å². The van der Waals surface area contributed by atoms with Crippen LogP contribution in [-0.2, 0) is 6.54 Å². The molecule has 0 atom stereocenters. The largest absolute Gasteiger partial charge is 0.475 e. The van der Waals surface area contributed by atoms with Crippen LogP contribution in [0.1, 0.15) is 29.9 Å². The topological polar surface area (TPSA) is 79.9 Å². The van der Waals surface area contributed by atoms with Gasteiger partial charge in [0, 0.05) is 24.4 Å². The van der Waals surface area contributed by atoms with Crippen LogP contribution in [0.3, 0.4) is 0 Å². The van der Waals surface area contributed by atoms with Crippen molar-refractivity contribution in [2.75, 3.05) is 0 Å². The van der Waals surface area contributed by atoms with Crippen LogP contribution in [0.15, 0.2) is 54.7 Å². The summed E-state index contributed by atoms with van der Waals surface area (Å²) in [5.74, 6) is 0.364. The fourth-order valence-corrected chi connectivity index (χ4v) is 2.30. The van der Waals surface area contributed by atoms with Gasteiger partial charge in [0.1, 0.15) is 5.69 Å². The number of carbonyl (C=O) groups excluding carboxylic acids is 1. The molecule has 2 aromatic heterocycles. The average molecular weight is 336 g/mol. The fourth-order valence-electron chi connectivity index (χ4n) is 2.30. The Balaban J connectivity index is 1.59. The Hall–Kier alpha value is -3.15. The molecule has 25 heavy (non-hydrogen) atoms. The number of aromatic amines is 1. The van der Waals surface area contributed by atoms with Gasteiger partial charge in [0.15, 0.2) is 0 Å². The molecule has 0 bridgehead atoms. The minimum atomic E-state index is -0.211. The van der Waals surface area contributed by atoms with Crippen molar-refractivity contribution in [1.29, 1.82) is 0 Å². The zero-order valence-corrected chi connectivity index (χ0v) is 14.2. The van der Waals surface area contributed by atoms with E-state index in [4.69, 9.17) is 4.74 Å². The summed E-state index contributed by atoms with van der Waals surface area (Å²) in [6.07, 6.45) is 1.78. The molecule has 3 rings (SSSR count). The number of ether oxygens (including phenoxy) is 1. The van der Waals surface area contributed by atoms with Crippen molar-refractivity contribution in [3.8, 4) is 17.1 Å². The Morgan fingerprint density at radius 1 is 1.20 bits per heavy atom. The molecule has 0 radical (unpaired) electrons. The van der Waals surface area contributed by atoms with Crippen molar-refractivity contribution in [2.24, 2.45) is 0 Å². The van der Waals surface area contributed by atoms with Gasteiger partial charge in [0.25, 0.3) is 5.91 Å². The van der Waals surface area contributed by atoms with E-state index in [2.05, 4.69) is 20.5 Å². The summed E-state index contributed by atoms with van der Waals surface area (Å²) in [6.45, 7) is 4.28. The van der Waals surface area contributed by atoms with E-state index in [0.29, 0.717) is 18.1 Å². The molecule has 0 saturated carbocycles. The number of carbonyl (C=O) groups is 1. The van der Waals surface area contributed by atoms with Crippen LogP contribution in [0.25, 0.3) is 11.3 Å². The molecule has 0 spiro atoms. The highest BCUT2D eigenvalue weighted by molar-refractivity contribution is 5.93. The molecular weight excluding hydrogens is 316 g/mol. The lowest BCUT2D eigenvalue weighted by molar-refractivity contribution is 0.0946. The standard InChI is InChI=1S/C19H20N4O2/c1-13(2)25-18-9-8-14(11-20-18)12-21-19(24)17-10-16(22-23-17)15-6-4-3-5-7-15/h3-11,13H,12H2,1-2H3,(H,21,24)(H,22,23). The minimum absolute atomic E-state index is 0.0808. The summed E-state index contributed by atoms with van der Waals surface area (Å²) in [7, 11) is 0. The maximum Gasteiger partial charge on any atom is 0.269 e. The Morgan fingerprint density at radius 2 is 2.00 bits per heavy atom. The molecule has 1 aromatic carbocycles. The second-order valence-electron chi connectivity index (χ2n) is 5.89. The number of nitrogens with zero attached hydrogens (tertiary/aromatic N) is 2. The molecule has 0 aliphatic heterocycles. The predicted octanol–water partition coefficient (Wildman–Crippen LogP) is 3.19. The highest BCUT2D eigenvalue weighted by atomic mass is 16.5. The summed E-state index contributed by atoms with van der Waals surface area (Å²) in [6, 6.07) is 15.1. The third-order valence-corrected chi connectivity index (χ3v) is 3.50. The first-order chi connectivity index (χ1) is 12.1. The number of hydrogen-bond acceptors (Lipinski definition) is 4. The van der Waals surface area contributed by atoms with E-state index in [9.17, 15) is 4.79 Å². The van der Waals surface area contributed by atoms with Crippen LogP contribution >= 0.6 is 0 Å². The first-order valence-corrected chi connectivity index (χ1v) is 8.12. The lowest BCUT2D eigenvalue weighted by Crippen LogP contribution is -2.23. The second kappa shape index (κ2) is 7.61. The number of H-pyrrole nitrogens is 1. The Bertz CT molecular complexity index is 826. The van der Waals surface area contributed by atoms with Gasteiger partial charge in [-0.2, -0.15) is 5.10 Å². The molecule has 0 fully saturated rings. The van der Waals surface area contributed by atoms with Gasteiger partial charge in [0.05, 0.1) is 11.8 Å². The third kappa shape index (κ3) is 4.44. The van der Waals surface area contributed by atoms with Crippen LogP contribution < -0.4 is 10.1 Å². The van der Waals surface area contributed by atoms with Crippen molar-refractivity contribution in [3.63, 3.8) is 0 Å². The molecule has 1 amide bonds. The number of hydrogen-bond donors (Lipinski definition) is 2. The van der Waals surface area contributed by atoms with Crippen molar-refractivity contribution in [3.05, 3.63) is 66.0 Å². The van der Waals surface area contributed by atoms with Gasteiger partial charge in [-0.3, -0.25) is 9.89 Å². The second-order valence-corrected chi connectivity index (χ2v) is 5.89. The summed E-state index contributed by atoms with van der Waals surface area (Å²) in [4.78, 5) is 16.5. The van der Waals surface area contributed by atoms with Crippen LogP contribution in [0.2, 0.25) is 0 Å². The smallest absolute Gasteiger partial charge is 0.269 e. The van der Waals surface area contributed by atoms with Crippen molar-refractivity contribution in [2.45, 2.75) is 26.5 Å². The van der Waals surface area contributed by atoms with Gasteiger partial charge >= 0.3 is 0 Å². The van der Waals surface area contributed by atoms with Crippen LogP contribution in [0.5, 0.6) is 5.88 Å². The van der Waals surface area contributed by atoms with Crippen LogP contribution in [-0.4, -0.2) is 27.2 Å². The van der Waals surface area contributed by atoms with Crippen LogP contribution in [0, 0.1) is 0 Å². The SMILES string of the molecule is CC(C)Oc1ccc(CNC(=O)c2cc(-c3ccccc3)n[nH]2)cn1. The predicted molar refractivity (Wildman–Crippen MR) is 95.2 cm³/mol. The normalized spacial score (nSPS) is 10.7. The van der Waals surface area contributed by atoms with Gasteiger partial charge in [-0.25, -0.2) is 4.98 Å². The van der Waals surface area contributed by atoms with Crippen LogP contribution in [0.4, 0.5) is 0 Å². The highest BCUT2D eigenvalue weighted by Gasteiger charge is 2.11. The molecule has 0 aliphatic carbocycles. The summed E-state index contributed by atoms with van der Waals surface area (Å²) in [5.41, 5.74) is 3.02. The van der Waals surface area contributed by atoms with E-state index in [1.54, 1.807) is 18.3 Å². The summed E-state index contributed by atoms with van der Waals surface area (Å²) in [5, 5.41) is 9.81. The first kappa shape index (κ1) is 16.7. The Morgan fingerprint density at radius 3 is 2.68 bits per heavy atom. The maximum absolute atomic E-state index is 12.2. The molecule has 6 heteroatoms. The summed E-state index contributed by atoms with van der Waals surface area (Å²) >= 11 is 0. The quantitative estimate of drug-likeness (QED) is 0.724. The number of aromatic nitrogens is 3. The van der Waals surface area contributed by atoms with E-state index in [1.807, 2.05) is 50.2 Å². The van der Waals surface area contributed by atoms with Gasteiger partial charge in [-0.15, -0.1) is 0 Å². The highest BCUT2D eigenvalue weighted by Crippen LogP contribution is 2.17. The maximum atomic E-state index is 12.2. The molecule has 0 aliphatic rings. The molecule has 3 aromatic rings. The number of nitrogens with one attached hydrogen (secondary N) is 2. The van der Waals surface area contributed by atoms with Gasteiger partial charge in [-0.05, 0) is 25.5 Å². The summed E-state index contributed by atoms with van der Waals surface area (Å²) < 4.78 is 5.50. The zero-order valence-electron chi connectivity index (χ0n) is 14.2. The number of amides is 1. The van der Waals surface area contributed by atoms with E-state index in [0.717, 1.165) is 16.8 Å². The van der Waals surface area contributed by atoms with E-state index in [-0.39, 0.29) is 12.0 Å². The van der Waals surface area contributed by atoms with Gasteiger partial charge in [0.2, 0.25) is 5.88 Å². The molecule has 0 saturated heterocycles.